The first-order chi connectivity index (χ1) is 12.4. The first kappa shape index (κ1) is 18.6. The number of rotatable bonds is 4. The highest BCUT2D eigenvalue weighted by Crippen LogP contribution is 2.25. The van der Waals surface area contributed by atoms with Crippen LogP contribution in [0.4, 0.5) is 5.69 Å². The Morgan fingerprint density at radius 2 is 1.69 bits per heavy atom. The molecule has 1 saturated heterocycles. The van der Waals surface area contributed by atoms with Gasteiger partial charge in [0.1, 0.15) is 5.75 Å². The van der Waals surface area contributed by atoms with Crippen LogP contribution in [-0.4, -0.2) is 43.6 Å². The summed E-state index contributed by atoms with van der Waals surface area (Å²) in [6.45, 7) is 9.17. The number of ether oxygens (including phenoxy) is 1. The fourth-order valence-corrected chi connectivity index (χ4v) is 3.38. The van der Waals surface area contributed by atoms with Gasteiger partial charge in [-0.3, -0.25) is 4.79 Å². The molecular formula is C21H25ClN2O2. The largest absolute Gasteiger partial charge is 0.483 e. The standard InChI is InChI=1S/C21H25ClN2O2/c1-15-4-5-17(3)20(12-15)26-14-21(25)24-10-8-23(9-11-24)19-13-18(22)7-6-16(19)2/h4-7,12-13H,8-11,14H2,1-3H3. The number of amides is 1. The zero-order valence-corrected chi connectivity index (χ0v) is 16.3. The molecule has 2 aromatic carbocycles. The van der Waals surface area contributed by atoms with Crippen LogP contribution < -0.4 is 9.64 Å². The average Bonchev–Trinajstić information content (AvgIpc) is 2.64. The molecule has 1 heterocycles. The molecule has 3 rings (SSSR count). The molecule has 2 aromatic rings. The zero-order valence-electron chi connectivity index (χ0n) is 15.6. The van der Waals surface area contributed by atoms with Gasteiger partial charge in [0.05, 0.1) is 0 Å². The van der Waals surface area contributed by atoms with Crippen molar-refractivity contribution in [2.75, 3.05) is 37.7 Å². The Morgan fingerprint density at radius 3 is 2.42 bits per heavy atom. The molecular weight excluding hydrogens is 348 g/mol. The molecule has 0 aliphatic carbocycles. The van der Waals surface area contributed by atoms with Gasteiger partial charge in [0.15, 0.2) is 6.61 Å². The third-order valence-corrected chi connectivity index (χ3v) is 5.07. The van der Waals surface area contributed by atoms with Crippen molar-refractivity contribution >= 4 is 23.2 Å². The molecule has 0 N–H and O–H groups in total. The van der Waals surface area contributed by atoms with Crippen molar-refractivity contribution in [3.8, 4) is 5.75 Å². The van der Waals surface area contributed by atoms with Gasteiger partial charge in [0, 0.05) is 36.9 Å². The molecule has 0 unspecified atom stereocenters. The average molecular weight is 373 g/mol. The number of hydrogen-bond acceptors (Lipinski definition) is 3. The van der Waals surface area contributed by atoms with Crippen molar-refractivity contribution in [3.63, 3.8) is 0 Å². The highest BCUT2D eigenvalue weighted by molar-refractivity contribution is 6.30. The first-order valence-corrected chi connectivity index (χ1v) is 9.31. The molecule has 1 fully saturated rings. The molecule has 5 heteroatoms. The quantitative estimate of drug-likeness (QED) is 0.813. The van der Waals surface area contributed by atoms with Gasteiger partial charge in [-0.25, -0.2) is 0 Å². The van der Waals surface area contributed by atoms with Gasteiger partial charge >= 0.3 is 0 Å². The van der Waals surface area contributed by atoms with Crippen LogP contribution in [-0.2, 0) is 4.79 Å². The third-order valence-electron chi connectivity index (χ3n) is 4.84. The molecule has 0 bridgehead atoms. The van der Waals surface area contributed by atoms with Crippen molar-refractivity contribution in [2.45, 2.75) is 20.8 Å². The van der Waals surface area contributed by atoms with E-state index in [1.54, 1.807) is 0 Å². The molecule has 0 spiro atoms. The monoisotopic (exact) mass is 372 g/mol. The SMILES string of the molecule is Cc1ccc(C)c(OCC(=O)N2CCN(c3cc(Cl)ccc3C)CC2)c1. The second-order valence-electron chi connectivity index (χ2n) is 6.86. The molecule has 1 aliphatic rings. The maximum Gasteiger partial charge on any atom is 0.260 e. The van der Waals surface area contributed by atoms with Crippen molar-refractivity contribution in [3.05, 3.63) is 58.1 Å². The van der Waals surface area contributed by atoms with E-state index in [0.29, 0.717) is 13.1 Å². The van der Waals surface area contributed by atoms with Crippen LogP contribution in [0.5, 0.6) is 5.75 Å². The lowest BCUT2D eigenvalue weighted by Gasteiger charge is -2.36. The molecule has 1 aliphatic heterocycles. The van der Waals surface area contributed by atoms with Crippen LogP contribution >= 0.6 is 11.6 Å². The molecule has 0 atom stereocenters. The van der Waals surface area contributed by atoms with Gasteiger partial charge in [-0.1, -0.05) is 29.8 Å². The lowest BCUT2D eigenvalue weighted by atomic mass is 10.1. The normalized spacial score (nSPS) is 14.5. The minimum atomic E-state index is 0.0355. The van der Waals surface area contributed by atoms with Gasteiger partial charge in [0.25, 0.3) is 5.91 Å². The summed E-state index contributed by atoms with van der Waals surface area (Å²) in [5.41, 5.74) is 4.52. The van der Waals surface area contributed by atoms with Gasteiger partial charge in [-0.2, -0.15) is 0 Å². The molecule has 0 radical (unpaired) electrons. The van der Waals surface area contributed by atoms with Crippen molar-refractivity contribution < 1.29 is 9.53 Å². The Balaban J connectivity index is 1.55. The van der Waals surface area contributed by atoms with E-state index in [2.05, 4.69) is 11.8 Å². The van der Waals surface area contributed by atoms with E-state index in [9.17, 15) is 4.79 Å². The summed E-state index contributed by atoms with van der Waals surface area (Å²) in [6, 6.07) is 12.0. The van der Waals surface area contributed by atoms with Crippen molar-refractivity contribution in [2.24, 2.45) is 0 Å². The fraction of sp³-hybridized carbons (Fsp3) is 0.381. The number of piperazine rings is 1. The summed E-state index contributed by atoms with van der Waals surface area (Å²) in [7, 11) is 0. The lowest BCUT2D eigenvalue weighted by molar-refractivity contribution is -0.133. The topological polar surface area (TPSA) is 32.8 Å². The van der Waals surface area contributed by atoms with Crippen LogP contribution in [0.1, 0.15) is 16.7 Å². The van der Waals surface area contributed by atoms with Crippen molar-refractivity contribution in [1.29, 1.82) is 0 Å². The summed E-state index contributed by atoms with van der Waals surface area (Å²) in [4.78, 5) is 16.7. The van der Waals surface area contributed by atoms with E-state index < -0.39 is 0 Å². The summed E-state index contributed by atoms with van der Waals surface area (Å²) >= 11 is 6.13. The van der Waals surface area contributed by atoms with Gasteiger partial charge in [0.2, 0.25) is 0 Å². The van der Waals surface area contributed by atoms with Crippen LogP contribution in [0.2, 0.25) is 5.02 Å². The number of carbonyl (C=O) groups is 1. The van der Waals surface area contributed by atoms with Gasteiger partial charge < -0.3 is 14.5 Å². The van der Waals surface area contributed by atoms with Crippen LogP contribution in [0.15, 0.2) is 36.4 Å². The third kappa shape index (κ3) is 4.31. The van der Waals surface area contributed by atoms with Crippen LogP contribution in [0, 0.1) is 20.8 Å². The zero-order chi connectivity index (χ0) is 18.7. The van der Waals surface area contributed by atoms with Crippen LogP contribution in [0.25, 0.3) is 0 Å². The van der Waals surface area contributed by atoms with Crippen molar-refractivity contribution in [1.82, 2.24) is 4.90 Å². The number of hydrogen-bond donors (Lipinski definition) is 0. The molecule has 1 amide bonds. The minimum absolute atomic E-state index is 0.0355. The lowest BCUT2D eigenvalue weighted by Crippen LogP contribution is -2.50. The Hall–Kier alpha value is -2.20. The molecule has 26 heavy (non-hydrogen) atoms. The number of halogens is 1. The number of aryl methyl sites for hydroxylation is 3. The molecule has 138 valence electrons. The second-order valence-corrected chi connectivity index (χ2v) is 7.29. The minimum Gasteiger partial charge on any atom is -0.483 e. The summed E-state index contributed by atoms with van der Waals surface area (Å²) < 4.78 is 5.76. The van der Waals surface area contributed by atoms with E-state index >= 15 is 0 Å². The van der Waals surface area contributed by atoms with Crippen LogP contribution in [0.3, 0.4) is 0 Å². The summed E-state index contributed by atoms with van der Waals surface area (Å²) in [5, 5.41) is 0.742. The predicted octanol–water partition coefficient (Wildman–Crippen LogP) is 3.99. The Bertz CT molecular complexity index is 799. The van der Waals surface area contributed by atoms with E-state index in [1.165, 1.54) is 5.56 Å². The smallest absolute Gasteiger partial charge is 0.260 e. The number of nitrogens with zero attached hydrogens (tertiary/aromatic N) is 2. The van der Waals surface area contributed by atoms with E-state index in [-0.39, 0.29) is 12.5 Å². The number of anilines is 1. The molecule has 0 aromatic heterocycles. The van der Waals surface area contributed by atoms with E-state index in [1.807, 2.05) is 55.1 Å². The highest BCUT2D eigenvalue weighted by atomic mass is 35.5. The molecule has 0 saturated carbocycles. The number of carbonyl (C=O) groups excluding carboxylic acids is 1. The summed E-state index contributed by atoms with van der Waals surface area (Å²) in [5.74, 6) is 0.819. The molecule has 4 nitrogen and oxygen atoms in total. The predicted molar refractivity (Wildman–Crippen MR) is 106 cm³/mol. The van der Waals surface area contributed by atoms with Gasteiger partial charge in [-0.15, -0.1) is 0 Å². The maximum absolute atomic E-state index is 12.5. The van der Waals surface area contributed by atoms with E-state index in [4.69, 9.17) is 16.3 Å². The first-order valence-electron chi connectivity index (χ1n) is 8.93. The Morgan fingerprint density at radius 1 is 1.00 bits per heavy atom. The Labute approximate surface area is 160 Å². The van der Waals surface area contributed by atoms with E-state index in [0.717, 1.165) is 40.7 Å². The maximum atomic E-state index is 12.5. The number of benzene rings is 2. The summed E-state index contributed by atoms with van der Waals surface area (Å²) in [6.07, 6.45) is 0. The Kier molecular flexibility index (Phi) is 5.72. The van der Waals surface area contributed by atoms with Gasteiger partial charge in [-0.05, 0) is 55.7 Å². The fourth-order valence-electron chi connectivity index (χ4n) is 3.21. The second kappa shape index (κ2) is 8.00. The highest BCUT2D eigenvalue weighted by Gasteiger charge is 2.22.